The predicted molar refractivity (Wildman–Crippen MR) is 105 cm³/mol. The van der Waals surface area contributed by atoms with Crippen LogP contribution >= 0.6 is 11.6 Å². The van der Waals surface area contributed by atoms with Gasteiger partial charge in [0.05, 0.1) is 23.7 Å². The molecule has 0 unspecified atom stereocenters. The molecule has 140 valence electrons. The van der Waals surface area contributed by atoms with Gasteiger partial charge >= 0.3 is 5.69 Å². The highest BCUT2D eigenvalue weighted by atomic mass is 35.5. The van der Waals surface area contributed by atoms with Gasteiger partial charge in [-0.05, 0) is 30.7 Å². The molecular weight excluding hydrogens is 370 g/mol. The van der Waals surface area contributed by atoms with Crippen LogP contribution in [0.1, 0.15) is 12.0 Å². The van der Waals surface area contributed by atoms with Crippen molar-refractivity contribution in [2.75, 3.05) is 12.4 Å². The second-order valence-corrected chi connectivity index (χ2v) is 6.44. The van der Waals surface area contributed by atoms with Crippen LogP contribution in [0.5, 0.6) is 5.75 Å². The number of para-hydroxylation sites is 1. The summed E-state index contributed by atoms with van der Waals surface area (Å²) in [6.45, 7) is 1.94. The molecule has 0 atom stereocenters. The van der Waals surface area contributed by atoms with E-state index in [1.807, 2.05) is 6.92 Å². The van der Waals surface area contributed by atoms with E-state index in [4.69, 9.17) is 16.3 Å². The van der Waals surface area contributed by atoms with Crippen molar-refractivity contribution in [3.63, 3.8) is 0 Å². The van der Waals surface area contributed by atoms with Crippen molar-refractivity contribution >= 4 is 34.1 Å². The Hall–Kier alpha value is -3.06. The van der Waals surface area contributed by atoms with Crippen LogP contribution in [-0.2, 0) is 11.3 Å². The van der Waals surface area contributed by atoms with Gasteiger partial charge in [-0.2, -0.15) is 0 Å². The van der Waals surface area contributed by atoms with Crippen molar-refractivity contribution in [3.8, 4) is 5.75 Å². The lowest BCUT2D eigenvalue weighted by Crippen LogP contribution is -2.31. The number of carbonyl (C=O) groups excluding carboxylic acids is 1. The SMILES string of the molecule is COc1cc(Cl)c(C)cc1NC(=O)CCn1c(=O)[nH]c(=O)c2ccccc21. The number of aryl methyl sites for hydroxylation is 2. The minimum absolute atomic E-state index is 0.0424. The summed E-state index contributed by atoms with van der Waals surface area (Å²) >= 11 is 6.07. The van der Waals surface area contributed by atoms with E-state index >= 15 is 0 Å². The number of carbonyl (C=O) groups is 1. The third-order valence-electron chi connectivity index (χ3n) is 4.22. The fourth-order valence-electron chi connectivity index (χ4n) is 2.82. The number of halogens is 1. The molecule has 0 saturated heterocycles. The number of fused-ring (bicyclic) bond motifs is 1. The normalized spacial score (nSPS) is 10.8. The molecule has 1 heterocycles. The first-order valence-corrected chi connectivity index (χ1v) is 8.64. The van der Waals surface area contributed by atoms with E-state index in [0.29, 0.717) is 27.4 Å². The summed E-state index contributed by atoms with van der Waals surface area (Å²) in [6, 6.07) is 10.1. The second-order valence-electron chi connectivity index (χ2n) is 6.03. The minimum Gasteiger partial charge on any atom is -0.495 e. The number of aromatic amines is 1. The lowest BCUT2D eigenvalue weighted by molar-refractivity contribution is -0.116. The van der Waals surface area contributed by atoms with E-state index in [9.17, 15) is 14.4 Å². The Balaban J connectivity index is 1.82. The van der Waals surface area contributed by atoms with Gasteiger partial charge in [-0.1, -0.05) is 23.7 Å². The first-order chi connectivity index (χ1) is 12.9. The number of anilines is 1. The number of ether oxygens (including phenoxy) is 1. The van der Waals surface area contributed by atoms with Gasteiger partial charge in [-0.3, -0.25) is 19.1 Å². The molecule has 1 aromatic heterocycles. The number of hydrogen-bond acceptors (Lipinski definition) is 4. The van der Waals surface area contributed by atoms with E-state index in [2.05, 4.69) is 10.3 Å². The van der Waals surface area contributed by atoms with Crippen LogP contribution in [0.4, 0.5) is 5.69 Å². The highest BCUT2D eigenvalue weighted by Gasteiger charge is 2.12. The van der Waals surface area contributed by atoms with Gasteiger partial charge < -0.3 is 10.1 Å². The summed E-state index contributed by atoms with van der Waals surface area (Å²) in [5.41, 5.74) is 0.793. The molecule has 27 heavy (non-hydrogen) atoms. The van der Waals surface area contributed by atoms with Crippen molar-refractivity contribution in [1.29, 1.82) is 0 Å². The average molecular weight is 388 g/mol. The number of hydrogen-bond donors (Lipinski definition) is 2. The number of nitrogens with one attached hydrogen (secondary N) is 2. The summed E-state index contributed by atoms with van der Waals surface area (Å²) in [6.07, 6.45) is 0.0424. The monoisotopic (exact) mass is 387 g/mol. The van der Waals surface area contributed by atoms with Crippen molar-refractivity contribution in [2.45, 2.75) is 19.9 Å². The summed E-state index contributed by atoms with van der Waals surface area (Å²) in [4.78, 5) is 38.7. The Labute approximate surface area is 159 Å². The maximum Gasteiger partial charge on any atom is 0.328 e. The molecule has 3 rings (SSSR count). The Morgan fingerprint density at radius 2 is 2.00 bits per heavy atom. The van der Waals surface area contributed by atoms with Gasteiger partial charge in [-0.15, -0.1) is 0 Å². The van der Waals surface area contributed by atoms with Crippen LogP contribution in [0.3, 0.4) is 0 Å². The van der Waals surface area contributed by atoms with Crippen molar-refractivity contribution in [2.24, 2.45) is 0 Å². The van der Waals surface area contributed by atoms with Crippen LogP contribution in [0.15, 0.2) is 46.0 Å². The van der Waals surface area contributed by atoms with Crippen LogP contribution in [-0.4, -0.2) is 22.6 Å². The largest absolute Gasteiger partial charge is 0.495 e. The zero-order valence-electron chi connectivity index (χ0n) is 14.8. The van der Waals surface area contributed by atoms with Gasteiger partial charge in [-0.25, -0.2) is 4.79 Å². The van der Waals surface area contributed by atoms with Crippen molar-refractivity contribution < 1.29 is 9.53 Å². The maximum absolute atomic E-state index is 12.4. The molecule has 0 bridgehead atoms. The van der Waals surface area contributed by atoms with Gasteiger partial charge in [0.25, 0.3) is 5.56 Å². The van der Waals surface area contributed by atoms with Gasteiger partial charge in [0, 0.05) is 24.1 Å². The van der Waals surface area contributed by atoms with Crippen LogP contribution in [0.2, 0.25) is 5.02 Å². The third-order valence-corrected chi connectivity index (χ3v) is 4.63. The molecule has 0 aliphatic carbocycles. The molecular formula is C19H18ClN3O4. The van der Waals surface area contributed by atoms with Crippen molar-refractivity contribution in [3.05, 3.63) is 67.8 Å². The smallest absolute Gasteiger partial charge is 0.328 e. The van der Waals surface area contributed by atoms with Crippen LogP contribution in [0, 0.1) is 6.92 Å². The van der Waals surface area contributed by atoms with Gasteiger partial charge in [0.2, 0.25) is 5.91 Å². The number of nitrogens with zero attached hydrogens (tertiary/aromatic N) is 1. The fourth-order valence-corrected chi connectivity index (χ4v) is 2.97. The lowest BCUT2D eigenvalue weighted by Gasteiger charge is -2.13. The molecule has 2 aromatic carbocycles. The number of amides is 1. The zero-order chi connectivity index (χ0) is 19.6. The first-order valence-electron chi connectivity index (χ1n) is 8.26. The lowest BCUT2D eigenvalue weighted by atomic mass is 10.2. The molecule has 1 amide bonds. The Kier molecular flexibility index (Phi) is 5.32. The number of benzene rings is 2. The van der Waals surface area contributed by atoms with Crippen LogP contribution < -0.4 is 21.3 Å². The Bertz CT molecular complexity index is 1130. The molecule has 0 fully saturated rings. The molecule has 0 radical (unpaired) electrons. The zero-order valence-corrected chi connectivity index (χ0v) is 15.6. The number of rotatable bonds is 5. The van der Waals surface area contributed by atoms with E-state index < -0.39 is 11.2 Å². The van der Waals surface area contributed by atoms with Crippen molar-refractivity contribution in [1.82, 2.24) is 9.55 Å². The Morgan fingerprint density at radius 3 is 2.74 bits per heavy atom. The second kappa shape index (κ2) is 7.67. The molecule has 2 N–H and O–H groups in total. The molecule has 7 nitrogen and oxygen atoms in total. The minimum atomic E-state index is -0.550. The van der Waals surface area contributed by atoms with E-state index in [1.165, 1.54) is 11.7 Å². The van der Waals surface area contributed by atoms with E-state index in [1.54, 1.807) is 36.4 Å². The summed E-state index contributed by atoms with van der Waals surface area (Å²) in [5.74, 6) is 0.155. The van der Waals surface area contributed by atoms with Crippen LogP contribution in [0.25, 0.3) is 10.9 Å². The number of H-pyrrole nitrogens is 1. The molecule has 0 spiro atoms. The molecule has 0 aliphatic rings. The fraction of sp³-hybridized carbons (Fsp3) is 0.211. The molecule has 0 saturated carbocycles. The van der Waals surface area contributed by atoms with E-state index in [-0.39, 0.29) is 18.9 Å². The third kappa shape index (κ3) is 3.88. The van der Waals surface area contributed by atoms with Gasteiger partial charge in [0.1, 0.15) is 5.75 Å². The average Bonchev–Trinajstić information content (AvgIpc) is 2.64. The maximum atomic E-state index is 12.4. The molecule has 0 aliphatic heterocycles. The Morgan fingerprint density at radius 1 is 1.26 bits per heavy atom. The first kappa shape index (κ1) is 18.7. The standard InChI is InChI=1S/C19H18ClN3O4/c1-11-9-14(16(27-2)10-13(11)20)21-17(24)7-8-23-15-6-4-3-5-12(15)18(25)22-19(23)26/h3-6,9-10H,7-8H2,1-2H3,(H,21,24)(H,22,25,26). The highest BCUT2D eigenvalue weighted by molar-refractivity contribution is 6.31. The quantitative estimate of drug-likeness (QED) is 0.703. The number of aromatic nitrogens is 2. The summed E-state index contributed by atoms with van der Waals surface area (Å²) in [7, 11) is 1.49. The topological polar surface area (TPSA) is 93.2 Å². The number of methoxy groups -OCH3 is 1. The highest BCUT2D eigenvalue weighted by Crippen LogP contribution is 2.31. The van der Waals surface area contributed by atoms with E-state index in [0.717, 1.165) is 5.56 Å². The predicted octanol–water partition coefficient (Wildman–Crippen LogP) is 2.69. The summed E-state index contributed by atoms with van der Waals surface area (Å²) in [5, 5.41) is 3.70. The molecule has 3 aromatic rings. The summed E-state index contributed by atoms with van der Waals surface area (Å²) < 4.78 is 6.62. The van der Waals surface area contributed by atoms with Gasteiger partial charge in [0.15, 0.2) is 0 Å². The molecule has 8 heteroatoms.